The number of non-ortho nitro benzene ring substituents is 1. The Bertz CT molecular complexity index is 839. The average molecular weight is 400 g/mol. The van der Waals surface area contributed by atoms with Crippen LogP contribution in [0.25, 0.3) is 0 Å². The van der Waals surface area contributed by atoms with Crippen LogP contribution in [0.4, 0.5) is 5.69 Å². The maximum Gasteiger partial charge on any atom is 0.269 e. The van der Waals surface area contributed by atoms with Gasteiger partial charge in [0.05, 0.1) is 18.6 Å². The van der Waals surface area contributed by atoms with Crippen molar-refractivity contribution < 1.29 is 14.4 Å². The molecule has 0 radical (unpaired) electrons. The Morgan fingerprint density at radius 3 is 2.66 bits per heavy atom. The molecule has 0 aliphatic rings. The van der Waals surface area contributed by atoms with E-state index in [0.717, 1.165) is 36.4 Å². The summed E-state index contributed by atoms with van der Waals surface area (Å²) >= 11 is 0. The van der Waals surface area contributed by atoms with Gasteiger partial charge in [-0.25, -0.2) is 0 Å². The fraction of sp³-hybridized carbons (Fsp3) is 0.381. The van der Waals surface area contributed by atoms with E-state index in [2.05, 4.69) is 15.6 Å². The van der Waals surface area contributed by atoms with Gasteiger partial charge in [0.2, 0.25) is 0 Å². The van der Waals surface area contributed by atoms with Gasteiger partial charge < -0.3 is 20.1 Å². The Hall–Kier alpha value is -3.29. The van der Waals surface area contributed by atoms with Gasteiger partial charge in [-0.2, -0.15) is 0 Å². The van der Waals surface area contributed by atoms with Crippen molar-refractivity contribution in [2.24, 2.45) is 4.99 Å². The van der Waals surface area contributed by atoms with Gasteiger partial charge in [-0.05, 0) is 43.0 Å². The van der Waals surface area contributed by atoms with Gasteiger partial charge in [-0.1, -0.05) is 18.2 Å². The summed E-state index contributed by atoms with van der Waals surface area (Å²) in [4.78, 5) is 14.7. The Morgan fingerprint density at radius 2 is 1.97 bits per heavy atom. The molecule has 0 aromatic heterocycles. The van der Waals surface area contributed by atoms with Crippen LogP contribution in [0.2, 0.25) is 0 Å². The van der Waals surface area contributed by atoms with Crippen molar-refractivity contribution in [2.75, 3.05) is 27.3 Å². The number of nitro benzene ring substituents is 1. The number of benzene rings is 2. The van der Waals surface area contributed by atoms with Crippen molar-refractivity contribution in [3.63, 3.8) is 0 Å². The third-order valence-electron chi connectivity index (χ3n) is 4.27. The van der Waals surface area contributed by atoms with E-state index in [-0.39, 0.29) is 5.69 Å². The van der Waals surface area contributed by atoms with Crippen LogP contribution in [-0.4, -0.2) is 38.2 Å². The fourth-order valence-corrected chi connectivity index (χ4v) is 2.83. The van der Waals surface area contributed by atoms with Crippen LogP contribution in [0.1, 0.15) is 24.5 Å². The number of rotatable bonds is 10. The molecule has 2 aromatic rings. The minimum absolute atomic E-state index is 0.0816. The highest BCUT2D eigenvalue weighted by atomic mass is 16.6. The lowest BCUT2D eigenvalue weighted by Crippen LogP contribution is -2.37. The molecule has 0 bridgehead atoms. The van der Waals surface area contributed by atoms with Gasteiger partial charge in [0.15, 0.2) is 17.5 Å². The van der Waals surface area contributed by atoms with Crippen molar-refractivity contribution in [1.29, 1.82) is 0 Å². The molecule has 0 unspecified atom stereocenters. The second-order valence-electron chi connectivity index (χ2n) is 6.30. The molecule has 0 amide bonds. The van der Waals surface area contributed by atoms with Gasteiger partial charge >= 0.3 is 0 Å². The molecule has 0 fully saturated rings. The first-order valence-electron chi connectivity index (χ1n) is 9.55. The first kappa shape index (κ1) is 22.0. The molecule has 0 aliphatic heterocycles. The monoisotopic (exact) mass is 400 g/mol. The minimum Gasteiger partial charge on any atom is -0.493 e. The number of nitrogens with zero attached hydrogens (tertiary/aromatic N) is 2. The van der Waals surface area contributed by atoms with Crippen LogP contribution >= 0.6 is 0 Å². The van der Waals surface area contributed by atoms with Crippen molar-refractivity contribution in [2.45, 2.75) is 26.3 Å². The van der Waals surface area contributed by atoms with E-state index >= 15 is 0 Å². The lowest BCUT2D eigenvalue weighted by molar-refractivity contribution is -0.384. The molecular formula is C21H28N4O4. The zero-order valence-corrected chi connectivity index (χ0v) is 17.1. The molecule has 0 aliphatic carbocycles. The maximum absolute atomic E-state index is 10.9. The first-order chi connectivity index (χ1) is 14.1. The third-order valence-corrected chi connectivity index (χ3v) is 4.27. The highest BCUT2D eigenvalue weighted by Gasteiger charge is 2.07. The second kappa shape index (κ2) is 11.5. The molecule has 0 spiro atoms. The van der Waals surface area contributed by atoms with Crippen LogP contribution in [0.15, 0.2) is 47.5 Å². The van der Waals surface area contributed by atoms with E-state index in [0.29, 0.717) is 19.1 Å². The Morgan fingerprint density at radius 1 is 1.14 bits per heavy atom. The molecule has 0 saturated carbocycles. The summed E-state index contributed by atoms with van der Waals surface area (Å²) < 4.78 is 10.9. The van der Waals surface area contributed by atoms with Crippen LogP contribution in [0.5, 0.6) is 11.5 Å². The van der Waals surface area contributed by atoms with Gasteiger partial charge in [0.1, 0.15) is 0 Å². The number of guanidine groups is 1. The smallest absolute Gasteiger partial charge is 0.269 e. The van der Waals surface area contributed by atoms with Crippen LogP contribution < -0.4 is 20.1 Å². The van der Waals surface area contributed by atoms with E-state index < -0.39 is 4.92 Å². The molecule has 156 valence electrons. The summed E-state index contributed by atoms with van der Waals surface area (Å²) in [5.41, 5.74) is 2.08. The number of hydrogen-bond donors (Lipinski definition) is 2. The maximum atomic E-state index is 10.9. The molecule has 0 atom stereocenters. The standard InChI is InChI=1S/C21H28N4O4/c1-4-29-20-14-16(10-11-19(20)28-3)8-6-12-23-21(22-2)24-15-17-7-5-9-18(13-17)25(26)27/h5,7,9-11,13-14H,4,6,8,12,15H2,1-3H3,(H2,22,23,24). The van der Waals surface area contributed by atoms with Crippen LogP contribution in [-0.2, 0) is 13.0 Å². The highest BCUT2D eigenvalue weighted by Crippen LogP contribution is 2.28. The Balaban J connectivity index is 1.79. The van der Waals surface area contributed by atoms with E-state index in [4.69, 9.17) is 9.47 Å². The summed E-state index contributed by atoms with van der Waals surface area (Å²) in [6.45, 7) is 3.73. The molecule has 8 nitrogen and oxygen atoms in total. The Kier molecular flexibility index (Phi) is 8.75. The predicted molar refractivity (Wildman–Crippen MR) is 114 cm³/mol. The minimum atomic E-state index is -0.396. The number of nitro groups is 1. The van der Waals surface area contributed by atoms with Crippen molar-refractivity contribution in [3.8, 4) is 11.5 Å². The van der Waals surface area contributed by atoms with E-state index in [1.165, 1.54) is 11.6 Å². The lowest BCUT2D eigenvalue weighted by Gasteiger charge is -2.13. The summed E-state index contributed by atoms with van der Waals surface area (Å²) in [6.07, 6.45) is 1.80. The molecule has 29 heavy (non-hydrogen) atoms. The molecule has 2 rings (SSSR count). The average Bonchev–Trinajstić information content (AvgIpc) is 2.74. The summed E-state index contributed by atoms with van der Waals surface area (Å²) in [5.74, 6) is 2.15. The van der Waals surface area contributed by atoms with Gasteiger partial charge in [-0.3, -0.25) is 15.1 Å². The molecule has 8 heteroatoms. The van der Waals surface area contributed by atoms with Crippen molar-refractivity contribution >= 4 is 11.6 Å². The number of aryl methyl sites for hydroxylation is 1. The summed E-state index contributed by atoms with van der Waals surface area (Å²) in [6, 6.07) is 12.5. The molecule has 2 aromatic carbocycles. The van der Waals surface area contributed by atoms with Crippen molar-refractivity contribution in [3.05, 3.63) is 63.7 Å². The lowest BCUT2D eigenvalue weighted by atomic mass is 10.1. The molecule has 2 N–H and O–H groups in total. The third kappa shape index (κ3) is 6.99. The Labute approximate surface area is 171 Å². The quantitative estimate of drug-likeness (QED) is 0.209. The second-order valence-corrected chi connectivity index (χ2v) is 6.30. The zero-order valence-electron chi connectivity index (χ0n) is 17.1. The van der Waals surface area contributed by atoms with Crippen molar-refractivity contribution in [1.82, 2.24) is 10.6 Å². The number of nitrogens with one attached hydrogen (secondary N) is 2. The SMILES string of the molecule is CCOc1cc(CCCNC(=NC)NCc2cccc([N+](=O)[O-])c2)ccc1OC. The van der Waals surface area contributed by atoms with Gasteiger partial charge in [-0.15, -0.1) is 0 Å². The van der Waals surface area contributed by atoms with E-state index in [9.17, 15) is 10.1 Å². The summed E-state index contributed by atoms with van der Waals surface area (Å²) in [7, 11) is 3.33. The highest BCUT2D eigenvalue weighted by molar-refractivity contribution is 5.79. The van der Waals surface area contributed by atoms with Crippen LogP contribution in [0.3, 0.4) is 0 Å². The predicted octanol–water partition coefficient (Wildman–Crippen LogP) is 3.30. The number of aliphatic imine (C=N–C) groups is 1. The normalized spacial score (nSPS) is 11.1. The molecule has 0 heterocycles. The van der Waals surface area contributed by atoms with Crippen LogP contribution in [0, 0.1) is 10.1 Å². The number of ether oxygens (including phenoxy) is 2. The van der Waals surface area contributed by atoms with Gasteiger partial charge in [0.25, 0.3) is 5.69 Å². The number of hydrogen-bond acceptors (Lipinski definition) is 5. The largest absolute Gasteiger partial charge is 0.493 e. The summed E-state index contributed by atoms with van der Waals surface area (Å²) in [5, 5.41) is 17.3. The topological polar surface area (TPSA) is 98.0 Å². The van der Waals surface area contributed by atoms with E-state index in [1.54, 1.807) is 26.3 Å². The molecular weight excluding hydrogens is 372 g/mol. The van der Waals surface area contributed by atoms with Gasteiger partial charge in [0, 0.05) is 32.3 Å². The molecule has 0 saturated heterocycles. The first-order valence-corrected chi connectivity index (χ1v) is 9.55. The van der Waals surface area contributed by atoms with E-state index in [1.807, 2.05) is 31.2 Å². The fourth-order valence-electron chi connectivity index (χ4n) is 2.83. The zero-order chi connectivity index (χ0) is 21.1. The number of methoxy groups -OCH3 is 1.